The Hall–Kier alpha value is -1.28. The van der Waals surface area contributed by atoms with Crippen LogP contribution in [-0.2, 0) is 0 Å². The predicted molar refractivity (Wildman–Crippen MR) is 129 cm³/mol. The molecule has 144 valence electrons. The number of rotatable bonds is 5. The summed E-state index contributed by atoms with van der Waals surface area (Å²) in [6.07, 6.45) is 2.57. The molecule has 0 radical (unpaired) electrons. The summed E-state index contributed by atoms with van der Waals surface area (Å²) < 4.78 is 7.83. The third kappa shape index (κ3) is 3.77. The normalized spacial score (nSPS) is 11.8. The minimum atomic E-state index is 0.444. The number of nitrogens with zero attached hydrogens (tertiary/aromatic N) is 3. The van der Waals surface area contributed by atoms with Gasteiger partial charge in [-0.25, -0.2) is 9.97 Å². The fraction of sp³-hybridized carbons (Fsp3) is 0.158. The minimum absolute atomic E-state index is 0.444. The molecule has 0 amide bonds. The van der Waals surface area contributed by atoms with E-state index in [1.54, 1.807) is 11.8 Å². The van der Waals surface area contributed by atoms with Crippen molar-refractivity contribution in [3.8, 4) is 11.3 Å². The molecule has 0 aliphatic rings. The number of benzene rings is 1. The molecule has 0 saturated heterocycles. The van der Waals surface area contributed by atoms with Crippen molar-refractivity contribution < 1.29 is 4.42 Å². The lowest BCUT2D eigenvalue weighted by molar-refractivity contribution is 0.548. The number of nitrogens with one attached hydrogen (secondary N) is 1. The number of aryl methyl sites for hydroxylation is 2. The lowest BCUT2D eigenvalue weighted by Gasteiger charge is -2.13. The van der Waals surface area contributed by atoms with Crippen LogP contribution in [0.15, 0.2) is 45.7 Å². The van der Waals surface area contributed by atoms with Crippen LogP contribution in [0.25, 0.3) is 22.5 Å². The van der Waals surface area contributed by atoms with Crippen LogP contribution < -0.4 is 5.32 Å². The first kappa shape index (κ1) is 20.0. The van der Waals surface area contributed by atoms with Gasteiger partial charge in [-0.1, -0.05) is 11.6 Å². The Bertz CT molecular complexity index is 1180. The average molecular weight is 543 g/mol. The van der Waals surface area contributed by atoms with E-state index in [-0.39, 0.29) is 0 Å². The van der Waals surface area contributed by atoms with E-state index in [1.807, 2.05) is 32.0 Å². The second kappa shape index (κ2) is 8.22. The zero-order valence-corrected chi connectivity index (χ0v) is 20.1. The summed E-state index contributed by atoms with van der Waals surface area (Å²) in [7, 11) is 0. The van der Waals surface area contributed by atoms with Gasteiger partial charge in [-0.05, 0) is 72.5 Å². The first-order valence-electron chi connectivity index (χ1n) is 8.44. The lowest BCUT2D eigenvalue weighted by Crippen LogP contribution is -1.96. The molecule has 0 aliphatic carbocycles. The van der Waals surface area contributed by atoms with Gasteiger partial charge in [-0.3, -0.25) is 4.34 Å². The van der Waals surface area contributed by atoms with E-state index in [0.717, 1.165) is 50.3 Å². The van der Waals surface area contributed by atoms with Crippen LogP contribution in [0, 0.1) is 13.8 Å². The number of hydrogen-bond acceptors (Lipinski definition) is 5. The summed E-state index contributed by atoms with van der Waals surface area (Å²) in [5, 5.41) is 3.95. The highest BCUT2D eigenvalue weighted by Gasteiger charge is 2.15. The molecule has 1 unspecified atom stereocenters. The molecule has 0 fully saturated rings. The van der Waals surface area contributed by atoms with Crippen LogP contribution in [-0.4, -0.2) is 20.6 Å². The largest absolute Gasteiger partial charge is 0.461 e. The van der Waals surface area contributed by atoms with Crippen LogP contribution in [0.5, 0.6) is 0 Å². The van der Waals surface area contributed by atoms with E-state index in [1.165, 1.54) is 0 Å². The van der Waals surface area contributed by atoms with Gasteiger partial charge in [0.2, 0.25) is 0 Å². The highest BCUT2D eigenvalue weighted by atomic mass is 127. The van der Waals surface area contributed by atoms with Crippen LogP contribution in [0.4, 0.5) is 11.4 Å². The maximum atomic E-state index is 6.30. The molecule has 0 saturated carbocycles. The van der Waals surface area contributed by atoms with Crippen molar-refractivity contribution in [3.05, 3.63) is 53.1 Å². The number of aromatic nitrogens is 3. The van der Waals surface area contributed by atoms with Crippen LogP contribution >= 0.6 is 51.8 Å². The third-order valence-electron chi connectivity index (χ3n) is 4.33. The van der Waals surface area contributed by atoms with E-state index in [4.69, 9.17) is 21.0 Å². The number of hydrogen-bond donors (Lipinski definition) is 1. The number of furan rings is 1. The Morgan fingerprint density at radius 3 is 2.64 bits per heavy atom. The van der Waals surface area contributed by atoms with Crippen LogP contribution in [0.3, 0.4) is 0 Å². The standard InChI is InChI=1S/C19H17ClIN4OPS/c1-10-4-7-15(26-10)12-5-6-13(16(8-12)28-3)23-14-9-17(20)24-19-18(14)22-11(2)25(19)27-21/h4-9,27H,1-3H3,(H,23,24). The number of halogens is 2. The van der Waals surface area contributed by atoms with E-state index in [2.05, 4.69) is 61.1 Å². The van der Waals surface area contributed by atoms with Crippen molar-refractivity contribution in [2.24, 2.45) is 0 Å². The number of fused-ring (bicyclic) bond motifs is 1. The summed E-state index contributed by atoms with van der Waals surface area (Å²) >= 11 is 10.3. The average Bonchev–Trinajstić information content (AvgIpc) is 3.24. The summed E-state index contributed by atoms with van der Waals surface area (Å²) in [6.45, 7) is 3.93. The van der Waals surface area contributed by atoms with E-state index in [9.17, 15) is 0 Å². The fourth-order valence-electron chi connectivity index (χ4n) is 3.00. The maximum absolute atomic E-state index is 6.30. The Morgan fingerprint density at radius 1 is 1.14 bits per heavy atom. The van der Waals surface area contributed by atoms with Crippen molar-refractivity contribution in [2.45, 2.75) is 18.7 Å². The van der Waals surface area contributed by atoms with Gasteiger partial charge in [-0.2, -0.15) is 0 Å². The summed E-state index contributed by atoms with van der Waals surface area (Å²) in [4.78, 5) is 10.3. The van der Waals surface area contributed by atoms with E-state index in [0.29, 0.717) is 11.5 Å². The van der Waals surface area contributed by atoms with Gasteiger partial charge < -0.3 is 9.73 Å². The molecule has 1 N–H and O–H groups in total. The summed E-state index contributed by atoms with van der Waals surface area (Å²) in [5.41, 5.74) is 4.51. The van der Waals surface area contributed by atoms with Gasteiger partial charge in [0, 0.05) is 16.5 Å². The molecule has 0 aliphatic heterocycles. The quantitative estimate of drug-likeness (QED) is 0.125. The fourth-order valence-corrected chi connectivity index (χ4v) is 5.92. The third-order valence-corrected chi connectivity index (χ3v) is 7.46. The van der Waals surface area contributed by atoms with Crippen molar-refractivity contribution in [1.82, 2.24) is 14.3 Å². The molecule has 5 nitrogen and oxygen atoms in total. The molecule has 28 heavy (non-hydrogen) atoms. The lowest BCUT2D eigenvalue weighted by atomic mass is 10.1. The number of thioether (sulfide) groups is 1. The van der Waals surface area contributed by atoms with E-state index < -0.39 is 0 Å². The molecule has 0 spiro atoms. The molecule has 1 atom stereocenters. The Labute approximate surface area is 187 Å². The second-order valence-electron chi connectivity index (χ2n) is 6.19. The number of pyridine rings is 1. The second-order valence-corrected chi connectivity index (χ2v) is 9.49. The zero-order valence-electron chi connectivity index (χ0n) is 15.4. The Kier molecular flexibility index (Phi) is 5.88. The predicted octanol–water partition coefficient (Wildman–Crippen LogP) is 7.22. The first-order valence-corrected chi connectivity index (χ1v) is 14.1. The molecule has 3 aromatic heterocycles. The molecular formula is C19H17ClIN4OPS. The molecule has 9 heteroatoms. The van der Waals surface area contributed by atoms with Crippen molar-refractivity contribution in [3.63, 3.8) is 0 Å². The topological polar surface area (TPSA) is 55.9 Å². The van der Waals surface area contributed by atoms with Crippen molar-refractivity contribution in [1.29, 1.82) is 0 Å². The van der Waals surface area contributed by atoms with Gasteiger partial charge in [0.15, 0.2) is 5.65 Å². The highest BCUT2D eigenvalue weighted by molar-refractivity contribution is 14.2. The van der Waals surface area contributed by atoms with Gasteiger partial charge in [0.1, 0.15) is 28.0 Å². The molecule has 3 heterocycles. The SMILES string of the molecule is CSc1cc(-c2ccc(C)o2)ccc1Nc1cc(Cl)nc2c1nc(C)n2PI. The van der Waals surface area contributed by atoms with Gasteiger partial charge >= 0.3 is 0 Å². The molecule has 0 bridgehead atoms. The minimum Gasteiger partial charge on any atom is -0.461 e. The van der Waals surface area contributed by atoms with Crippen LogP contribution in [0.1, 0.15) is 11.6 Å². The number of anilines is 2. The van der Waals surface area contributed by atoms with E-state index >= 15 is 0 Å². The van der Waals surface area contributed by atoms with Crippen LogP contribution in [0.2, 0.25) is 5.15 Å². The van der Waals surface area contributed by atoms with Crippen molar-refractivity contribution >= 4 is 74.3 Å². The number of imidazole rings is 1. The monoisotopic (exact) mass is 542 g/mol. The summed E-state index contributed by atoms with van der Waals surface area (Å²) in [6, 6.07) is 12.0. The van der Waals surface area contributed by atoms with Crippen molar-refractivity contribution in [2.75, 3.05) is 11.6 Å². The maximum Gasteiger partial charge on any atom is 0.167 e. The highest BCUT2D eigenvalue weighted by Crippen LogP contribution is 2.37. The molecule has 4 rings (SSSR count). The van der Waals surface area contributed by atoms with Gasteiger partial charge in [0.05, 0.1) is 17.7 Å². The smallest absolute Gasteiger partial charge is 0.167 e. The van der Waals surface area contributed by atoms with Gasteiger partial charge in [-0.15, -0.1) is 11.8 Å². The summed E-state index contributed by atoms with van der Waals surface area (Å²) in [5.74, 6) is 2.69. The molecule has 1 aromatic carbocycles. The molecule has 4 aromatic rings. The molecular weight excluding hydrogens is 526 g/mol. The Balaban J connectivity index is 1.77. The van der Waals surface area contributed by atoms with Gasteiger partial charge in [0.25, 0.3) is 0 Å². The Morgan fingerprint density at radius 2 is 1.96 bits per heavy atom. The first-order chi connectivity index (χ1) is 13.5. The zero-order chi connectivity index (χ0) is 19.8.